The monoisotopic (exact) mass is 512 g/mol. The lowest BCUT2D eigenvalue weighted by Gasteiger charge is -2.17. The van der Waals surface area contributed by atoms with Gasteiger partial charge < -0.3 is 9.47 Å². The molecule has 1 aromatic carbocycles. The number of nitriles is 2. The van der Waals surface area contributed by atoms with Gasteiger partial charge in [0.05, 0.1) is 29.7 Å². The van der Waals surface area contributed by atoms with Crippen molar-refractivity contribution >= 4 is 59.0 Å². The van der Waals surface area contributed by atoms with Crippen molar-refractivity contribution in [3.05, 3.63) is 42.7 Å². The molecule has 0 saturated carbocycles. The fraction of sp³-hybridized carbons (Fsp3) is 0.238. The van der Waals surface area contributed by atoms with Crippen molar-refractivity contribution < 1.29 is 19.1 Å². The van der Waals surface area contributed by atoms with Crippen LogP contribution < -0.4 is 9.47 Å². The number of hydrogen-bond donors (Lipinski definition) is 0. The number of hydrogen-bond acceptors (Lipinski definition) is 10. The molecule has 12 heteroatoms. The minimum atomic E-state index is -0.591. The van der Waals surface area contributed by atoms with Crippen molar-refractivity contribution in [2.75, 3.05) is 0 Å². The van der Waals surface area contributed by atoms with Gasteiger partial charge >= 0.3 is 17.8 Å². The molecule has 1 aromatic rings. The highest BCUT2D eigenvalue weighted by Crippen LogP contribution is 2.68. The summed E-state index contributed by atoms with van der Waals surface area (Å²) in [4.78, 5) is 32.9. The first-order valence-corrected chi connectivity index (χ1v) is 12.4. The van der Waals surface area contributed by atoms with Crippen molar-refractivity contribution in [3.8, 4) is 23.6 Å². The highest BCUT2D eigenvalue weighted by atomic mass is 32.2. The summed E-state index contributed by atoms with van der Waals surface area (Å²) in [6.45, 7) is 19.4. The lowest BCUT2D eigenvalue weighted by atomic mass is 10.1. The zero-order chi connectivity index (χ0) is 24.3. The molecule has 33 heavy (non-hydrogen) atoms. The van der Waals surface area contributed by atoms with Gasteiger partial charge in [0.2, 0.25) is 0 Å². The van der Waals surface area contributed by atoms with E-state index in [2.05, 4.69) is 9.69 Å². The van der Waals surface area contributed by atoms with Crippen LogP contribution in [-0.4, -0.2) is 11.9 Å². The van der Waals surface area contributed by atoms with Gasteiger partial charge in [0.25, 0.3) is 0 Å². The lowest BCUT2D eigenvalue weighted by molar-refractivity contribution is -0.139. The van der Waals surface area contributed by atoms with Crippen LogP contribution in [0, 0.1) is 41.7 Å². The third-order valence-electron chi connectivity index (χ3n) is 4.30. The molecule has 3 rings (SSSR count). The summed E-state index contributed by atoms with van der Waals surface area (Å²) in [5, 5.41) is 18.6. The molecular weight excluding hydrogens is 501 g/mol. The molecule has 0 fully saturated rings. The van der Waals surface area contributed by atoms with E-state index in [1.807, 2.05) is 19.1 Å². The van der Waals surface area contributed by atoms with E-state index in [4.69, 9.17) is 22.6 Å². The van der Waals surface area contributed by atoms with Crippen LogP contribution in [0.2, 0.25) is 0 Å². The van der Waals surface area contributed by atoms with Crippen LogP contribution in [0.4, 0.5) is 0 Å². The number of esters is 2. The zero-order valence-electron chi connectivity index (χ0n) is 17.3. The Morgan fingerprint density at radius 1 is 0.939 bits per heavy atom. The van der Waals surface area contributed by atoms with Crippen LogP contribution in [0.15, 0.2) is 39.5 Å². The third-order valence-corrected chi connectivity index (χ3v) is 9.45. The molecule has 8 nitrogen and oxygen atoms in total. The molecule has 0 aliphatic carbocycles. The fourth-order valence-electron chi connectivity index (χ4n) is 2.52. The summed E-state index contributed by atoms with van der Waals surface area (Å²) in [6, 6.07) is 3.70. The molecule has 0 bridgehead atoms. The maximum Gasteiger partial charge on any atom is 0.540 e. The number of rotatable bonds is 4. The lowest BCUT2D eigenvalue weighted by Crippen LogP contribution is -2.18. The molecule has 1 unspecified atom stereocenters. The molecule has 2 aliphatic heterocycles. The van der Waals surface area contributed by atoms with Crippen molar-refractivity contribution in [2.45, 2.75) is 46.8 Å². The zero-order valence-corrected chi connectivity index (χ0v) is 20.6. The van der Waals surface area contributed by atoms with E-state index in [0.29, 0.717) is 34.5 Å². The SMILES string of the molecule is [C-]#[N+]C([N+]#[C-])=C1Sc2c(OC(C)=O)c3c(c(OC(=O)C(C)CC)c2S1)SC(=C(C#N)C#N)S3. The van der Waals surface area contributed by atoms with Crippen molar-refractivity contribution in [1.29, 1.82) is 10.5 Å². The topological polar surface area (TPSA) is 109 Å². The van der Waals surface area contributed by atoms with Gasteiger partial charge in [0, 0.05) is 6.92 Å². The quantitative estimate of drug-likeness (QED) is 0.201. The van der Waals surface area contributed by atoms with Gasteiger partial charge in [-0.25, -0.2) is 0 Å². The minimum Gasteiger partial charge on any atom is -0.424 e. The summed E-state index contributed by atoms with van der Waals surface area (Å²) in [7, 11) is 0. The summed E-state index contributed by atoms with van der Waals surface area (Å²) < 4.78 is 12.1. The molecule has 0 radical (unpaired) electrons. The largest absolute Gasteiger partial charge is 0.540 e. The summed E-state index contributed by atoms with van der Waals surface area (Å²) in [6.07, 6.45) is 0.557. The average molecular weight is 513 g/mol. The Bertz CT molecular complexity index is 1210. The first-order valence-electron chi connectivity index (χ1n) is 9.18. The summed E-state index contributed by atoms with van der Waals surface area (Å²) >= 11 is 4.32. The summed E-state index contributed by atoms with van der Waals surface area (Å²) in [5.74, 6) is -1.21. The normalized spacial score (nSPS) is 14.0. The molecule has 0 N–H and O–H groups in total. The van der Waals surface area contributed by atoms with Gasteiger partial charge in [-0.05, 0) is 6.42 Å². The molecule has 0 amide bonds. The number of fused-ring (bicyclic) bond motifs is 2. The Morgan fingerprint density at radius 2 is 1.39 bits per heavy atom. The number of nitrogens with zero attached hydrogens (tertiary/aromatic N) is 4. The highest BCUT2D eigenvalue weighted by Gasteiger charge is 2.41. The van der Waals surface area contributed by atoms with Crippen LogP contribution in [-0.2, 0) is 9.59 Å². The molecule has 2 aliphatic rings. The molecule has 2 heterocycles. The van der Waals surface area contributed by atoms with Gasteiger partial charge in [0.15, 0.2) is 11.5 Å². The van der Waals surface area contributed by atoms with Gasteiger partial charge in [0.1, 0.15) is 35.1 Å². The number of thioether (sulfide) groups is 4. The van der Waals surface area contributed by atoms with E-state index in [1.54, 1.807) is 6.92 Å². The highest BCUT2D eigenvalue weighted by molar-refractivity contribution is 8.26. The Labute approximate surface area is 207 Å². The molecule has 0 spiro atoms. The Kier molecular flexibility index (Phi) is 7.68. The standard InChI is InChI=1S/C21H12N4O4S4/c1-6-9(2)19(27)29-13-16-14(30-20(31-16)11(7-22)8-23)12(28-10(3)26)15-17(13)33-21(32-15)18(24-4)25-5/h9H,6H2,1-3H3. The summed E-state index contributed by atoms with van der Waals surface area (Å²) in [5.41, 5.74) is -0.112. The number of benzene rings is 1. The molecule has 0 aromatic heterocycles. The van der Waals surface area contributed by atoms with E-state index in [9.17, 15) is 20.1 Å². The second-order valence-electron chi connectivity index (χ2n) is 6.43. The van der Waals surface area contributed by atoms with E-state index in [0.717, 1.165) is 47.0 Å². The number of ether oxygens (including phenoxy) is 2. The Balaban J connectivity index is 2.31. The first-order chi connectivity index (χ1) is 15.8. The Hall–Kier alpha value is -3.00. The smallest absolute Gasteiger partial charge is 0.424 e. The van der Waals surface area contributed by atoms with Gasteiger partial charge in [-0.1, -0.05) is 60.9 Å². The maximum atomic E-state index is 12.7. The Morgan fingerprint density at radius 3 is 1.79 bits per heavy atom. The third kappa shape index (κ3) is 4.71. The fourth-order valence-corrected chi connectivity index (χ4v) is 7.67. The van der Waals surface area contributed by atoms with Crippen LogP contribution >= 0.6 is 47.0 Å². The molecule has 164 valence electrons. The predicted octanol–water partition coefficient (Wildman–Crippen LogP) is 6.18. The van der Waals surface area contributed by atoms with E-state index in [1.165, 1.54) is 6.92 Å². The van der Waals surface area contributed by atoms with Crippen molar-refractivity contribution in [3.63, 3.8) is 0 Å². The second kappa shape index (κ2) is 10.3. The van der Waals surface area contributed by atoms with Gasteiger partial charge in [-0.3, -0.25) is 9.59 Å². The van der Waals surface area contributed by atoms with Crippen LogP contribution in [0.1, 0.15) is 27.2 Å². The van der Waals surface area contributed by atoms with Crippen molar-refractivity contribution in [2.24, 2.45) is 5.92 Å². The van der Waals surface area contributed by atoms with Crippen molar-refractivity contribution in [1.82, 2.24) is 0 Å². The number of carbonyl (C=O) groups excluding carboxylic acids is 2. The van der Waals surface area contributed by atoms with E-state index in [-0.39, 0.29) is 28.8 Å². The molecule has 1 atom stereocenters. The number of carbonyl (C=O) groups is 2. The van der Waals surface area contributed by atoms with E-state index >= 15 is 0 Å². The second-order valence-corrected chi connectivity index (χ2v) is 11.0. The van der Waals surface area contributed by atoms with Crippen LogP contribution in [0.5, 0.6) is 11.5 Å². The first kappa shape index (κ1) is 24.6. The maximum absolute atomic E-state index is 12.7. The van der Waals surface area contributed by atoms with E-state index < -0.39 is 11.9 Å². The van der Waals surface area contributed by atoms with Gasteiger partial charge in [-0.15, -0.1) is 0 Å². The van der Waals surface area contributed by atoms with Crippen LogP contribution in [0.3, 0.4) is 0 Å². The van der Waals surface area contributed by atoms with Crippen LogP contribution in [0.25, 0.3) is 9.69 Å². The minimum absolute atomic E-state index is 0.112. The molecular formula is C21H12N4O4S4. The predicted molar refractivity (Wildman–Crippen MR) is 125 cm³/mol. The molecule has 0 saturated heterocycles. The van der Waals surface area contributed by atoms with Gasteiger partial charge in [-0.2, -0.15) is 20.2 Å². The average Bonchev–Trinajstić information content (AvgIpc) is 3.42. The number of allylic oxidation sites excluding steroid dienone is 1.